The Labute approximate surface area is 191 Å². The molecule has 1 amide bonds. The van der Waals surface area contributed by atoms with E-state index in [1.165, 1.54) is 17.7 Å². The molecule has 1 unspecified atom stereocenters. The molecule has 0 N–H and O–H groups in total. The summed E-state index contributed by atoms with van der Waals surface area (Å²) in [7, 11) is 0. The number of aryl methyl sites for hydroxylation is 1. The zero-order valence-corrected chi connectivity index (χ0v) is 19.2. The number of nitrogens with zero attached hydrogens (tertiary/aromatic N) is 1. The number of hydrogen-bond acceptors (Lipinski definition) is 2. The third-order valence-electron chi connectivity index (χ3n) is 5.71. The van der Waals surface area contributed by atoms with Crippen LogP contribution in [0, 0.1) is 5.82 Å². The monoisotopic (exact) mass is 481 g/mol. The number of rotatable bonds is 4. The smallest absolute Gasteiger partial charge is 0.415 e. The van der Waals surface area contributed by atoms with Crippen LogP contribution in [0.1, 0.15) is 54.5 Å². The van der Waals surface area contributed by atoms with Gasteiger partial charge in [-0.05, 0) is 75.1 Å². The zero-order valence-electron chi connectivity index (χ0n) is 17.6. The number of hydrogen-bond donors (Lipinski definition) is 0. The Morgan fingerprint density at radius 1 is 1.13 bits per heavy atom. The molecule has 0 aromatic heterocycles. The van der Waals surface area contributed by atoms with E-state index in [4.69, 9.17) is 4.74 Å². The molecular weight excluding hydrogens is 457 g/mol. The summed E-state index contributed by atoms with van der Waals surface area (Å²) in [6, 6.07) is 20.0. The zero-order chi connectivity index (χ0) is 22.0. The molecule has 1 heterocycles. The Morgan fingerprint density at radius 3 is 2.61 bits per heavy atom. The number of amides is 1. The van der Waals surface area contributed by atoms with Gasteiger partial charge in [0.15, 0.2) is 0 Å². The third kappa shape index (κ3) is 4.67. The van der Waals surface area contributed by atoms with Gasteiger partial charge in [-0.25, -0.2) is 9.18 Å². The lowest BCUT2D eigenvalue weighted by Gasteiger charge is -2.38. The second kappa shape index (κ2) is 9.23. The van der Waals surface area contributed by atoms with Crippen LogP contribution in [0.2, 0.25) is 0 Å². The molecule has 1 aliphatic heterocycles. The van der Waals surface area contributed by atoms with Crippen LogP contribution < -0.4 is 4.90 Å². The summed E-state index contributed by atoms with van der Waals surface area (Å²) in [5, 5.41) is 0. The third-order valence-corrected chi connectivity index (χ3v) is 6.31. The molecule has 0 saturated heterocycles. The van der Waals surface area contributed by atoms with Gasteiger partial charge in [-0.2, -0.15) is 0 Å². The van der Waals surface area contributed by atoms with Crippen molar-refractivity contribution in [3.8, 4) is 0 Å². The molecule has 1 atom stereocenters. The Hall–Kier alpha value is -2.66. The van der Waals surface area contributed by atoms with Crippen molar-refractivity contribution in [3.05, 3.63) is 99.3 Å². The molecule has 0 spiro atoms. The predicted octanol–water partition coefficient (Wildman–Crippen LogP) is 7.54. The maximum absolute atomic E-state index is 14.0. The minimum Gasteiger partial charge on any atom is -0.444 e. The standard InChI is InChI=1S/C26H25BrFNO2/c1-17(2)21-13-20-11-12-24(19-9-6-10-22(28)14-19)29(25(20)23(27)15-21)26(30)31-16-18-7-4-3-5-8-18/h3-10,13-15,17,24H,11-12,16H2,1-2H3. The molecular formula is C26H25BrFNO2. The largest absolute Gasteiger partial charge is 0.444 e. The van der Waals surface area contributed by atoms with Crippen LogP contribution in [0.5, 0.6) is 0 Å². The van der Waals surface area contributed by atoms with Crippen LogP contribution in [0.3, 0.4) is 0 Å². The fraction of sp³-hybridized carbons (Fsp3) is 0.269. The van der Waals surface area contributed by atoms with E-state index in [1.807, 2.05) is 36.4 Å². The molecule has 0 saturated carbocycles. The molecule has 1 aliphatic rings. The molecule has 0 radical (unpaired) electrons. The average Bonchev–Trinajstić information content (AvgIpc) is 2.77. The van der Waals surface area contributed by atoms with Crippen molar-refractivity contribution in [1.29, 1.82) is 0 Å². The van der Waals surface area contributed by atoms with Crippen LogP contribution in [0.15, 0.2) is 71.2 Å². The summed E-state index contributed by atoms with van der Waals surface area (Å²) in [6.07, 6.45) is 1.07. The fourth-order valence-corrected chi connectivity index (χ4v) is 4.80. The Bertz CT molecular complexity index is 1080. The van der Waals surface area contributed by atoms with Crippen LogP contribution in [0.25, 0.3) is 0 Å². The van der Waals surface area contributed by atoms with E-state index in [9.17, 15) is 9.18 Å². The van der Waals surface area contributed by atoms with E-state index in [0.717, 1.165) is 33.3 Å². The summed E-state index contributed by atoms with van der Waals surface area (Å²) >= 11 is 3.70. The first kappa shape index (κ1) is 21.6. The van der Waals surface area contributed by atoms with Crippen molar-refractivity contribution in [2.45, 2.75) is 45.3 Å². The lowest BCUT2D eigenvalue weighted by atomic mass is 9.89. The van der Waals surface area contributed by atoms with Crippen molar-refractivity contribution in [2.75, 3.05) is 4.90 Å². The van der Waals surface area contributed by atoms with Gasteiger partial charge in [0, 0.05) is 4.47 Å². The number of benzene rings is 3. The van der Waals surface area contributed by atoms with Gasteiger partial charge in [-0.3, -0.25) is 4.90 Å². The van der Waals surface area contributed by atoms with Gasteiger partial charge in [-0.1, -0.05) is 62.4 Å². The number of anilines is 1. The number of fused-ring (bicyclic) bond motifs is 1. The maximum atomic E-state index is 14.0. The lowest BCUT2D eigenvalue weighted by molar-refractivity contribution is 0.143. The highest BCUT2D eigenvalue weighted by molar-refractivity contribution is 9.10. The van der Waals surface area contributed by atoms with Crippen molar-refractivity contribution in [1.82, 2.24) is 0 Å². The SMILES string of the molecule is CC(C)c1cc(Br)c2c(c1)CCC(c1cccc(F)c1)N2C(=O)OCc1ccccc1. The van der Waals surface area contributed by atoms with Gasteiger partial charge in [-0.15, -0.1) is 0 Å². The summed E-state index contributed by atoms with van der Waals surface area (Å²) < 4.78 is 20.6. The Morgan fingerprint density at radius 2 is 1.90 bits per heavy atom. The first-order chi connectivity index (χ1) is 14.9. The number of halogens is 2. The van der Waals surface area contributed by atoms with Gasteiger partial charge >= 0.3 is 6.09 Å². The van der Waals surface area contributed by atoms with Crippen LogP contribution in [-0.4, -0.2) is 6.09 Å². The fourth-order valence-electron chi connectivity index (χ4n) is 4.09. The van der Waals surface area contributed by atoms with Crippen molar-refractivity contribution in [2.24, 2.45) is 0 Å². The molecule has 31 heavy (non-hydrogen) atoms. The van der Waals surface area contributed by atoms with E-state index in [1.54, 1.807) is 11.0 Å². The van der Waals surface area contributed by atoms with Gasteiger partial charge in [0.1, 0.15) is 12.4 Å². The topological polar surface area (TPSA) is 29.5 Å². The molecule has 160 valence electrons. The quantitative estimate of drug-likeness (QED) is 0.385. The summed E-state index contributed by atoms with van der Waals surface area (Å²) in [4.78, 5) is 15.0. The molecule has 4 rings (SSSR count). The average molecular weight is 482 g/mol. The minimum absolute atomic E-state index is 0.184. The minimum atomic E-state index is -0.433. The van der Waals surface area contributed by atoms with E-state index in [-0.39, 0.29) is 18.5 Å². The van der Waals surface area contributed by atoms with Gasteiger partial charge in [0.05, 0.1) is 11.7 Å². The summed E-state index contributed by atoms with van der Waals surface area (Å²) in [5.41, 5.74) is 4.81. The van der Waals surface area contributed by atoms with Gasteiger partial charge in [0.25, 0.3) is 0 Å². The van der Waals surface area contributed by atoms with Crippen molar-refractivity contribution < 1.29 is 13.9 Å². The van der Waals surface area contributed by atoms with Crippen molar-refractivity contribution >= 4 is 27.7 Å². The molecule has 0 fully saturated rings. The predicted molar refractivity (Wildman–Crippen MR) is 125 cm³/mol. The normalized spacial score (nSPS) is 15.6. The van der Waals surface area contributed by atoms with Crippen LogP contribution >= 0.6 is 15.9 Å². The highest BCUT2D eigenvalue weighted by Crippen LogP contribution is 2.44. The number of carbonyl (C=O) groups is 1. The van der Waals surface area contributed by atoms with Crippen molar-refractivity contribution in [3.63, 3.8) is 0 Å². The van der Waals surface area contributed by atoms with Crippen LogP contribution in [-0.2, 0) is 17.8 Å². The Balaban J connectivity index is 1.73. The molecule has 5 heteroatoms. The molecule has 3 nitrogen and oxygen atoms in total. The highest BCUT2D eigenvalue weighted by Gasteiger charge is 2.35. The maximum Gasteiger partial charge on any atom is 0.415 e. The van der Waals surface area contributed by atoms with E-state index in [2.05, 4.69) is 41.9 Å². The van der Waals surface area contributed by atoms with E-state index >= 15 is 0 Å². The van der Waals surface area contributed by atoms with Gasteiger partial charge < -0.3 is 4.74 Å². The second-order valence-electron chi connectivity index (χ2n) is 8.18. The molecule has 0 bridgehead atoms. The molecule has 3 aromatic rings. The first-order valence-electron chi connectivity index (χ1n) is 10.5. The lowest BCUT2D eigenvalue weighted by Crippen LogP contribution is -2.39. The van der Waals surface area contributed by atoms with Gasteiger partial charge in [0.2, 0.25) is 0 Å². The first-order valence-corrected chi connectivity index (χ1v) is 11.3. The van der Waals surface area contributed by atoms with Crippen LogP contribution in [0.4, 0.5) is 14.9 Å². The Kier molecular flexibility index (Phi) is 6.42. The second-order valence-corrected chi connectivity index (χ2v) is 9.04. The molecule has 0 aliphatic carbocycles. The summed E-state index contributed by atoms with van der Waals surface area (Å²) in [5.74, 6) is 0.0659. The highest BCUT2D eigenvalue weighted by atomic mass is 79.9. The van der Waals surface area contributed by atoms with E-state index < -0.39 is 6.09 Å². The summed E-state index contributed by atoms with van der Waals surface area (Å²) in [6.45, 7) is 4.49. The number of ether oxygens (including phenoxy) is 1. The van der Waals surface area contributed by atoms with E-state index in [0.29, 0.717) is 12.3 Å². The number of carbonyl (C=O) groups excluding carboxylic acids is 1. The molecule has 3 aromatic carbocycles.